The molecule has 1 aromatic rings. The van der Waals surface area contributed by atoms with E-state index < -0.39 is 0 Å². The van der Waals surface area contributed by atoms with Crippen LogP contribution in [-0.4, -0.2) is 17.5 Å². The average Bonchev–Trinajstić information content (AvgIpc) is 3.28. The van der Waals surface area contributed by atoms with Gasteiger partial charge in [-0.25, -0.2) is 0 Å². The summed E-state index contributed by atoms with van der Waals surface area (Å²) in [4.78, 5) is 2.78. The van der Waals surface area contributed by atoms with Crippen LogP contribution in [0.5, 0.6) is 0 Å². The molecule has 1 heteroatoms. The van der Waals surface area contributed by atoms with Gasteiger partial charge >= 0.3 is 0 Å². The molecule has 0 radical (unpaired) electrons. The van der Waals surface area contributed by atoms with Crippen molar-refractivity contribution in [2.24, 2.45) is 5.92 Å². The number of nitrogens with zero attached hydrogens (tertiary/aromatic N) is 1. The van der Waals surface area contributed by atoms with Gasteiger partial charge in [0.05, 0.1) is 0 Å². The van der Waals surface area contributed by atoms with Crippen LogP contribution in [0, 0.1) is 5.92 Å². The minimum Gasteiger partial charge on any atom is -0.291 e. The van der Waals surface area contributed by atoms with E-state index in [1.54, 1.807) is 11.1 Å². The van der Waals surface area contributed by atoms with Crippen LogP contribution in [-0.2, 0) is 5.54 Å². The Kier molecular flexibility index (Phi) is 2.21. The van der Waals surface area contributed by atoms with Crippen LogP contribution in [0.15, 0.2) is 24.3 Å². The minimum absolute atomic E-state index is 0.438. The molecule has 2 saturated carbocycles. The van der Waals surface area contributed by atoms with E-state index in [-0.39, 0.29) is 0 Å². The number of likely N-dealkylation sites (tertiary alicyclic amines) is 1. The van der Waals surface area contributed by atoms with Crippen LogP contribution in [0.3, 0.4) is 0 Å². The SMILES string of the molecule is CC(C)N1CCC2CC21c1ccccc1C1CC1. The molecule has 2 atom stereocenters. The quantitative estimate of drug-likeness (QED) is 0.776. The number of fused-ring (bicyclic) bond motifs is 1. The number of hydrogen-bond acceptors (Lipinski definition) is 1. The lowest BCUT2D eigenvalue weighted by molar-refractivity contribution is 0.163. The van der Waals surface area contributed by atoms with Gasteiger partial charge < -0.3 is 0 Å². The van der Waals surface area contributed by atoms with Crippen LogP contribution in [0.2, 0.25) is 0 Å². The Morgan fingerprint density at radius 3 is 2.61 bits per heavy atom. The van der Waals surface area contributed by atoms with Crippen molar-refractivity contribution in [2.45, 2.75) is 57.0 Å². The first-order chi connectivity index (χ1) is 8.73. The van der Waals surface area contributed by atoms with Gasteiger partial charge in [-0.3, -0.25) is 4.90 Å². The fourth-order valence-electron chi connectivity index (χ4n) is 4.35. The van der Waals surface area contributed by atoms with Crippen LogP contribution in [0.25, 0.3) is 0 Å². The summed E-state index contributed by atoms with van der Waals surface area (Å²) in [6.45, 7) is 6.03. The van der Waals surface area contributed by atoms with Gasteiger partial charge in [-0.2, -0.15) is 0 Å². The molecule has 1 saturated heterocycles. The first-order valence-corrected chi connectivity index (χ1v) is 7.59. The Labute approximate surface area is 110 Å². The molecule has 96 valence electrons. The van der Waals surface area contributed by atoms with E-state index in [0.717, 1.165) is 11.8 Å². The molecule has 0 amide bonds. The smallest absolute Gasteiger partial charge is 0.0498 e. The number of hydrogen-bond donors (Lipinski definition) is 0. The molecule has 0 aromatic heterocycles. The van der Waals surface area contributed by atoms with Gasteiger partial charge in [0, 0.05) is 11.6 Å². The Morgan fingerprint density at radius 1 is 1.17 bits per heavy atom. The first kappa shape index (κ1) is 11.0. The second-order valence-electron chi connectivity index (χ2n) is 6.76. The molecule has 1 aliphatic heterocycles. The van der Waals surface area contributed by atoms with E-state index in [1.165, 1.54) is 32.2 Å². The molecule has 1 nitrogen and oxygen atoms in total. The molecule has 3 aliphatic rings. The highest BCUT2D eigenvalue weighted by molar-refractivity contribution is 5.44. The highest BCUT2D eigenvalue weighted by Gasteiger charge is 2.63. The van der Waals surface area contributed by atoms with Gasteiger partial charge in [-0.15, -0.1) is 0 Å². The largest absolute Gasteiger partial charge is 0.291 e. The first-order valence-electron chi connectivity index (χ1n) is 7.59. The standard InChI is InChI=1S/C17H23N/c1-12(2)18-10-9-14-11-17(14,18)16-6-4-3-5-15(16)13-7-8-13/h3-6,12-14H,7-11H2,1-2H3. The van der Waals surface area contributed by atoms with E-state index in [1.807, 2.05) is 0 Å². The molecule has 2 unspecified atom stereocenters. The summed E-state index contributed by atoms with van der Waals surface area (Å²) in [5.74, 6) is 1.83. The monoisotopic (exact) mass is 241 g/mol. The number of benzene rings is 1. The zero-order valence-electron chi connectivity index (χ0n) is 11.5. The summed E-state index contributed by atoms with van der Waals surface area (Å²) >= 11 is 0. The van der Waals surface area contributed by atoms with Crippen molar-refractivity contribution in [3.8, 4) is 0 Å². The molecular weight excluding hydrogens is 218 g/mol. The molecule has 4 rings (SSSR count). The Morgan fingerprint density at radius 2 is 1.94 bits per heavy atom. The van der Waals surface area contributed by atoms with Crippen LogP contribution >= 0.6 is 0 Å². The van der Waals surface area contributed by atoms with Gasteiger partial charge in [0.1, 0.15) is 0 Å². The highest BCUT2D eigenvalue weighted by Crippen LogP contribution is 2.64. The molecule has 3 fully saturated rings. The lowest BCUT2D eigenvalue weighted by Gasteiger charge is -2.33. The van der Waals surface area contributed by atoms with Gasteiger partial charge in [0.15, 0.2) is 0 Å². The second kappa shape index (κ2) is 3.60. The fraction of sp³-hybridized carbons (Fsp3) is 0.647. The molecule has 18 heavy (non-hydrogen) atoms. The van der Waals surface area contributed by atoms with Crippen LogP contribution in [0.1, 0.15) is 56.6 Å². The highest BCUT2D eigenvalue weighted by atomic mass is 15.3. The van der Waals surface area contributed by atoms with Crippen molar-refractivity contribution in [3.05, 3.63) is 35.4 Å². The summed E-state index contributed by atoms with van der Waals surface area (Å²) in [6.07, 6.45) is 5.66. The molecule has 0 spiro atoms. The zero-order chi connectivity index (χ0) is 12.3. The number of rotatable bonds is 3. The van der Waals surface area contributed by atoms with E-state index in [9.17, 15) is 0 Å². The topological polar surface area (TPSA) is 3.24 Å². The molecular formula is C17H23N. The third-order valence-corrected chi connectivity index (χ3v) is 5.37. The summed E-state index contributed by atoms with van der Waals surface area (Å²) in [5.41, 5.74) is 3.80. The zero-order valence-corrected chi connectivity index (χ0v) is 11.5. The van der Waals surface area contributed by atoms with Gasteiger partial charge in [0.25, 0.3) is 0 Å². The maximum Gasteiger partial charge on any atom is 0.0498 e. The van der Waals surface area contributed by atoms with Crippen molar-refractivity contribution >= 4 is 0 Å². The maximum absolute atomic E-state index is 2.78. The van der Waals surface area contributed by atoms with Crippen molar-refractivity contribution in [2.75, 3.05) is 6.54 Å². The van der Waals surface area contributed by atoms with Gasteiger partial charge in [-0.1, -0.05) is 24.3 Å². The van der Waals surface area contributed by atoms with Crippen LogP contribution < -0.4 is 0 Å². The van der Waals surface area contributed by atoms with Crippen molar-refractivity contribution < 1.29 is 0 Å². The molecule has 0 N–H and O–H groups in total. The predicted octanol–water partition coefficient (Wildman–Crippen LogP) is 3.89. The van der Waals surface area contributed by atoms with Crippen LogP contribution in [0.4, 0.5) is 0 Å². The summed E-state index contributed by atoms with van der Waals surface area (Å²) in [5, 5.41) is 0. The minimum atomic E-state index is 0.438. The third-order valence-electron chi connectivity index (χ3n) is 5.37. The van der Waals surface area contributed by atoms with Crippen molar-refractivity contribution in [1.29, 1.82) is 0 Å². The molecule has 1 aromatic carbocycles. The van der Waals surface area contributed by atoms with Gasteiger partial charge in [0.2, 0.25) is 0 Å². The summed E-state index contributed by atoms with van der Waals surface area (Å²) in [6, 6.07) is 9.99. The Balaban J connectivity index is 1.79. The molecule has 0 bridgehead atoms. The molecule has 1 heterocycles. The molecule has 2 aliphatic carbocycles. The number of piperidine rings is 1. The third kappa shape index (κ3) is 1.37. The normalized spacial score (nSPS) is 34.9. The fourth-order valence-corrected chi connectivity index (χ4v) is 4.35. The van der Waals surface area contributed by atoms with Gasteiger partial charge in [-0.05, 0) is 69.0 Å². The maximum atomic E-state index is 2.78. The predicted molar refractivity (Wildman–Crippen MR) is 74.7 cm³/mol. The van der Waals surface area contributed by atoms with E-state index in [4.69, 9.17) is 0 Å². The second-order valence-corrected chi connectivity index (χ2v) is 6.76. The van der Waals surface area contributed by atoms with Crippen molar-refractivity contribution in [1.82, 2.24) is 4.90 Å². The van der Waals surface area contributed by atoms with E-state index >= 15 is 0 Å². The summed E-state index contributed by atoms with van der Waals surface area (Å²) < 4.78 is 0. The Bertz CT molecular complexity index is 474. The average molecular weight is 241 g/mol. The lowest BCUT2D eigenvalue weighted by Crippen LogP contribution is -2.38. The lowest BCUT2D eigenvalue weighted by atomic mass is 9.93. The summed E-state index contributed by atoms with van der Waals surface area (Å²) in [7, 11) is 0. The Hall–Kier alpha value is -0.820. The van der Waals surface area contributed by atoms with E-state index in [0.29, 0.717) is 11.6 Å². The van der Waals surface area contributed by atoms with Crippen molar-refractivity contribution in [3.63, 3.8) is 0 Å². The van der Waals surface area contributed by atoms with E-state index in [2.05, 4.69) is 43.0 Å².